The Hall–Kier alpha value is -1.58. The Morgan fingerprint density at radius 3 is 2.47 bits per heavy atom. The van der Waals surface area contributed by atoms with Crippen LogP contribution in [0, 0.1) is 5.82 Å². The molecular weight excluding hydrogens is 223 g/mol. The molecule has 0 aliphatic carbocycles. The number of methoxy groups -OCH3 is 1. The maximum Gasteiger partial charge on any atom is 0.310 e. The molecule has 1 aromatic rings. The van der Waals surface area contributed by atoms with Gasteiger partial charge in [-0.1, -0.05) is 0 Å². The fourth-order valence-corrected chi connectivity index (χ4v) is 1.38. The Balaban J connectivity index is 2.74. The molecule has 0 saturated carbocycles. The van der Waals surface area contributed by atoms with E-state index >= 15 is 0 Å². The van der Waals surface area contributed by atoms with Crippen molar-refractivity contribution < 1.29 is 18.7 Å². The smallest absolute Gasteiger partial charge is 0.310 e. The molecule has 0 radical (unpaired) electrons. The van der Waals surface area contributed by atoms with Crippen molar-refractivity contribution in [3.8, 4) is 5.75 Å². The number of carbonyl (C=O) groups is 1. The summed E-state index contributed by atoms with van der Waals surface area (Å²) < 4.78 is 23.2. The Labute approximate surface area is 101 Å². The Kier molecular flexibility index (Phi) is 4.10. The Bertz CT molecular complexity index is 408. The number of hydrogen-bond acceptors (Lipinski definition) is 3. The van der Waals surface area contributed by atoms with Crippen LogP contribution in [-0.2, 0) is 16.0 Å². The van der Waals surface area contributed by atoms with Crippen molar-refractivity contribution in [2.75, 3.05) is 7.11 Å². The average Bonchev–Trinajstić information content (AvgIpc) is 2.13. The molecule has 0 heterocycles. The minimum Gasteiger partial charge on any atom is -0.497 e. The van der Waals surface area contributed by atoms with Crippen LogP contribution >= 0.6 is 0 Å². The van der Waals surface area contributed by atoms with Gasteiger partial charge in [-0.15, -0.1) is 0 Å². The summed E-state index contributed by atoms with van der Waals surface area (Å²) in [5, 5.41) is 0. The highest BCUT2D eigenvalue weighted by molar-refractivity contribution is 5.73. The van der Waals surface area contributed by atoms with Gasteiger partial charge in [-0.2, -0.15) is 0 Å². The van der Waals surface area contributed by atoms with Crippen LogP contribution in [0.2, 0.25) is 0 Å². The number of carbonyl (C=O) groups excluding carboxylic acids is 1. The third-order valence-electron chi connectivity index (χ3n) is 1.94. The van der Waals surface area contributed by atoms with E-state index in [1.54, 1.807) is 26.8 Å². The summed E-state index contributed by atoms with van der Waals surface area (Å²) in [6.07, 6.45) is 0.0331. The van der Waals surface area contributed by atoms with Crippen molar-refractivity contribution >= 4 is 5.97 Å². The van der Waals surface area contributed by atoms with Crippen LogP contribution in [0.3, 0.4) is 0 Å². The summed E-state index contributed by atoms with van der Waals surface area (Å²) in [5.74, 6) is -0.420. The minimum atomic E-state index is -0.533. The van der Waals surface area contributed by atoms with Gasteiger partial charge in [-0.05, 0) is 38.5 Å². The zero-order valence-electron chi connectivity index (χ0n) is 10.5. The summed E-state index contributed by atoms with van der Waals surface area (Å²) in [6, 6.07) is 4.18. The SMILES string of the molecule is COc1cc(F)cc(CC(=O)OC(C)(C)C)c1. The summed E-state index contributed by atoms with van der Waals surface area (Å²) in [7, 11) is 1.45. The van der Waals surface area contributed by atoms with E-state index < -0.39 is 11.4 Å². The molecule has 1 aromatic carbocycles. The predicted molar refractivity (Wildman–Crippen MR) is 62.5 cm³/mol. The molecule has 0 saturated heterocycles. The molecule has 0 aromatic heterocycles. The second-order valence-corrected chi connectivity index (χ2v) is 4.76. The molecule has 0 aliphatic heterocycles. The average molecular weight is 240 g/mol. The first-order valence-corrected chi connectivity index (χ1v) is 5.35. The predicted octanol–water partition coefficient (Wildman–Crippen LogP) is 2.72. The minimum absolute atomic E-state index is 0.0331. The van der Waals surface area contributed by atoms with Gasteiger partial charge < -0.3 is 9.47 Å². The fourth-order valence-electron chi connectivity index (χ4n) is 1.38. The zero-order valence-corrected chi connectivity index (χ0v) is 10.5. The van der Waals surface area contributed by atoms with Crippen LogP contribution in [0.25, 0.3) is 0 Å². The van der Waals surface area contributed by atoms with E-state index in [2.05, 4.69) is 0 Å². The van der Waals surface area contributed by atoms with Gasteiger partial charge in [0.2, 0.25) is 0 Å². The molecule has 0 amide bonds. The molecule has 0 bridgehead atoms. The first kappa shape index (κ1) is 13.5. The second-order valence-electron chi connectivity index (χ2n) is 4.76. The van der Waals surface area contributed by atoms with Crippen molar-refractivity contribution in [3.05, 3.63) is 29.6 Å². The number of halogens is 1. The lowest BCUT2D eigenvalue weighted by molar-refractivity contribution is -0.153. The van der Waals surface area contributed by atoms with Crippen LogP contribution in [-0.4, -0.2) is 18.7 Å². The van der Waals surface area contributed by atoms with Crippen LogP contribution < -0.4 is 4.74 Å². The van der Waals surface area contributed by atoms with Crippen LogP contribution in [0.1, 0.15) is 26.3 Å². The Morgan fingerprint density at radius 1 is 1.29 bits per heavy atom. The number of hydrogen-bond donors (Lipinski definition) is 0. The lowest BCUT2D eigenvalue weighted by Gasteiger charge is -2.19. The highest BCUT2D eigenvalue weighted by Crippen LogP contribution is 2.17. The van der Waals surface area contributed by atoms with Gasteiger partial charge in [0.05, 0.1) is 13.5 Å². The van der Waals surface area contributed by atoms with Crippen molar-refractivity contribution in [2.24, 2.45) is 0 Å². The maximum atomic E-state index is 13.2. The van der Waals surface area contributed by atoms with Gasteiger partial charge in [-0.25, -0.2) is 4.39 Å². The molecule has 0 aliphatic rings. The van der Waals surface area contributed by atoms with E-state index in [4.69, 9.17) is 9.47 Å². The summed E-state index contributed by atoms with van der Waals surface area (Å²) in [4.78, 5) is 11.6. The van der Waals surface area contributed by atoms with Gasteiger partial charge in [0.15, 0.2) is 0 Å². The van der Waals surface area contributed by atoms with Crippen molar-refractivity contribution in [3.63, 3.8) is 0 Å². The third-order valence-corrected chi connectivity index (χ3v) is 1.94. The largest absolute Gasteiger partial charge is 0.497 e. The maximum absolute atomic E-state index is 13.2. The molecule has 17 heavy (non-hydrogen) atoms. The number of benzene rings is 1. The van der Waals surface area contributed by atoms with Gasteiger partial charge in [0.25, 0.3) is 0 Å². The number of rotatable bonds is 3. The lowest BCUT2D eigenvalue weighted by Crippen LogP contribution is -2.24. The van der Waals surface area contributed by atoms with E-state index in [0.29, 0.717) is 11.3 Å². The summed E-state index contributed by atoms with van der Waals surface area (Å²) in [6.45, 7) is 5.37. The standard InChI is InChI=1S/C13H17FO3/c1-13(2,3)17-12(15)7-9-5-10(14)8-11(6-9)16-4/h5-6,8H,7H2,1-4H3. The first-order chi connectivity index (χ1) is 7.80. The van der Waals surface area contributed by atoms with Crippen LogP contribution in [0.15, 0.2) is 18.2 Å². The molecular formula is C13H17FO3. The third kappa shape index (κ3) is 4.85. The topological polar surface area (TPSA) is 35.5 Å². The summed E-state index contributed by atoms with van der Waals surface area (Å²) in [5.41, 5.74) is 0.00482. The van der Waals surface area contributed by atoms with Crippen molar-refractivity contribution in [1.82, 2.24) is 0 Å². The molecule has 0 atom stereocenters. The van der Waals surface area contributed by atoms with E-state index in [0.717, 1.165) is 0 Å². The molecule has 3 nitrogen and oxygen atoms in total. The molecule has 0 N–H and O–H groups in total. The van der Waals surface area contributed by atoms with Crippen molar-refractivity contribution in [2.45, 2.75) is 32.8 Å². The van der Waals surface area contributed by atoms with Crippen LogP contribution in [0.4, 0.5) is 4.39 Å². The van der Waals surface area contributed by atoms with E-state index in [1.807, 2.05) is 0 Å². The summed E-state index contributed by atoms with van der Waals surface area (Å²) >= 11 is 0. The number of esters is 1. The van der Waals surface area contributed by atoms with E-state index in [-0.39, 0.29) is 12.4 Å². The molecule has 0 fully saturated rings. The molecule has 4 heteroatoms. The second kappa shape index (κ2) is 5.17. The zero-order chi connectivity index (χ0) is 13.1. The van der Waals surface area contributed by atoms with Gasteiger partial charge in [0.1, 0.15) is 17.2 Å². The quantitative estimate of drug-likeness (QED) is 0.762. The van der Waals surface area contributed by atoms with Crippen molar-refractivity contribution in [1.29, 1.82) is 0 Å². The monoisotopic (exact) mass is 240 g/mol. The highest BCUT2D eigenvalue weighted by Gasteiger charge is 2.17. The van der Waals surface area contributed by atoms with Gasteiger partial charge >= 0.3 is 5.97 Å². The van der Waals surface area contributed by atoms with Gasteiger partial charge in [-0.3, -0.25) is 4.79 Å². The fraction of sp³-hybridized carbons (Fsp3) is 0.462. The molecule has 1 rings (SSSR count). The molecule has 0 unspecified atom stereocenters. The van der Waals surface area contributed by atoms with E-state index in [9.17, 15) is 9.18 Å². The number of ether oxygens (including phenoxy) is 2. The van der Waals surface area contributed by atoms with E-state index in [1.165, 1.54) is 19.2 Å². The molecule has 0 spiro atoms. The van der Waals surface area contributed by atoms with Gasteiger partial charge in [0, 0.05) is 6.07 Å². The lowest BCUT2D eigenvalue weighted by atomic mass is 10.1. The highest BCUT2D eigenvalue weighted by atomic mass is 19.1. The molecule has 94 valence electrons. The normalized spacial score (nSPS) is 11.1. The van der Waals surface area contributed by atoms with Crippen LogP contribution in [0.5, 0.6) is 5.75 Å². The first-order valence-electron chi connectivity index (χ1n) is 5.35. The Morgan fingerprint density at radius 2 is 1.94 bits per heavy atom.